The lowest BCUT2D eigenvalue weighted by Crippen LogP contribution is -2.17. The molecule has 2 rings (SSSR count). The molecule has 0 aliphatic carbocycles. The fourth-order valence-electron chi connectivity index (χ4n) is 1.75. The van der Waals surface area contributed by atoms with Crippen LogP contribution in [-0.2, 0) is 0 Å². The number of aryl methyl sites for hydroxylation is 2. The van der Waals surface area contributed by atoms with Crippen LogP contribution in [0.2, 0.25) is 0 Å². The van der Waals surface area contributed by atoms with Gasteiger partial charge in [0.15, 0.2) is 0 Å². The zero-order chi connectivity index (χ0) is 14.0. The number of hydrogen-bond donors (Lipinski definition) is 2. The Morgan fingerprint density at radius 3 is 2.58 bits per heavy atom. The summed E-state index contributed by atoms with van der Waals surface area (Å²) < 4.78 is 0. The summed E-state index contributed by atoms with van der Waals surface area (Å²) in [6.07, 6.45) is 0. The third-order valence-corrected chi connectivity index (χ3v) is 3.63. The van der Waals surface area contributed by atoms with Gasteiger partial charge in [-0.3, -0.25) is 9.59 Å². The maximum atomic E-state index is 12.2. The van der Waals surface area contributed by atoms with E-state index in [0.29, 0.717) is 16.1 Å². The molecule has 1 heterocycles. The Bertz CT molecular complexity index is 647. The molecule has 0 unspecified atom stereocenters. The van der Waals surface area contributed by atoms with E-state index < -0.39 is 5.91 Å². The van der Waals surface area contributed by atoms with Gasteiger partial charge in [-0.15, -0.1) is 11.3 Å². The average Bonchev–Trinajstić information content (AvgIpc) is 2.80. The molecule has 1 aromatic carbocycles. The van der Waals surface area contributed by atoms with E-state index in [-0.39, 0.29) is 5.91 Å². The van der Waals surface area contributed by atoms with Crippen molar-refractivity contribution >= 4 is 28.2 Å². The van der Waals surface area contributed by atoms with Gasteiger partial charge >= 0.3 is 0 Å². The summed E-state index contributed by atoms with van der Waals surface area (Å²) >= 11 is 1.28. The molecule has 0 spiro atoms. The van der Waals surface area contributed by atoms with Crippen molar-refractivity contribution < 1.29 is 9.59 Å². The molecule has 0 atom stereocenters. The molecule has 3 N–H and O–H groups in total. The maximum absolute atomic E-state index is 12.2. The largest absolute Gasteiger partial charge is 0.366 e. The van der Waals surface area contributed by atoms with Crippen molar-refractivity contribution in [2.24, 2.45) is 5.73 Å². The standard InChI is InChI=1S/C14H14N2O2S/c1-8-3-4-9(2)11(7-8)13(18)16-14-10(12(15)17)5-6-19-14/h3-7H,1-2H3,(H2,15,17)(H,16,18). The van der Waals surface area contributed by atoms with Crippen molar-refractivity contribution in [1.29, 1.82) is 0 Å². The lowest BCUT2D eigenvalue weighted by Gasteiger charge is -2.08. The van der Waals surface area contributed by atoms with Crippen LogP contribution >= 0.6 is 11.3 Å². The summed E-state index contributed by atoms with van der Waals surface area (Å²) in [5, 5.41) is 4.94. The van der Waals surface area contributed by atoms with Crippen LogP contribution in [0.5, 0.6) is 0 Å². The van der Waals surface area contributed by atoms with E-state index in [4.69, 9.17) is 5.73 Å². The minimum Gasteiger partial charge on any atom is -0.366 e. The van der Waals surface area contributed by atoms with Crippen LogP contribution in [0.15, 0.2) is 29.6 Å². The van der Waals surface area contributed by atoms with E-state index in [0.717, 1.165) is 11.1 Å². The Kier molecular flexibility index (Phi) is 3.66. The fourth-order valence-corrected chi connectivity index (χ4v) is 2.54. The topological polar surface area (TPSA) is 72.2 Å². The number of carbonyl (C=O) groups excluding carboxylic acids is 2. The molecule has 0 bridgehead atoms. The molecular weight excluding hydrogens is 260 g/mol. The van der Waals surface area contributed by atoms with E-state index in [2.05, 4.69) is 5.32 Å². The first kappa shape index (κ1) is 13.3. The smallest absolute Gasteiger partial charge is 0.256 e. The molecule has 19 heavy (non-hydrogen) atoms. The quantitative estimate of drug-likeness (QED) is 0.903. The third kappa shape index (κ3) is 2.82. The number of thiophene rings is 1. The highest BCUT2D eigenvalue weighted by Gasteiger charge is 2.15. The Morgan fingerprint density at radius 2 is 1.89 bits per heavy atom. The van der Waals surface area contributed by atoms with Gasteiger partial charge in [0.2, 0.25) is 0 Å². The van der Waals surface area contributed by atoms with Crippen molar-refractivity contribution in [2.75, 3.05) is 5.32 Å². The number of amides is 2. The zero-order valence-electron chi connectivity index (χ0n) is 10.7. The van der Waals surface area contributed by atoms with Crippen LogP contribution < -0.4 is 11.1 Å². The molecular formula is C14H14N2O2S. The summed E-state index contributed by atoms with van der Waals surface area (Å²) in [6, 6.07) is 7.27. The number of primary amides is 1. The van der Waals surface area contributed by atoms with Crippen molar-refractivity contribution in [3.05, 3.63) is 51.9 Å². The summed E-state index contributed by atoms with van der Waals surface area (Å²) in [5.41, 5.74) is 8.08. The third-order valence-electron chi connectivity index (χ3n) is 2.80. The molecule has 0 saturated carbocycles. The first-order chi connectivity index (χ1) is 8.99. The van der Waals surface area contributed by atoms with Crippen LogP contribution in [0.3, 0.4) is 0 Å². The molecule has 2 amide bonds. The maximum Gasteiger partial charge on any atom is 0.256 e. The van der Waals surface area contributed by atoms with Crippen LogP contribution in [0.25, 0.3) is 0 Å². The number of rotatable bonds is 3. The van der Waals surface area contributed by atoms with Crippen LogP contribution in [-0.4, -0.2) is 11.8 Å². The van der Waals surface area contributed by atoms with E-state index in [1.165, 1.54) is 11.3 Å². The highest BCUT2D eigenvalue weighted by atomic mass is 32.1. The number of nitrogens with one attached hydrogen (secondary N) is 1. The highest BCUT2D eigenvalue weighted by Crippen LogP contribution is 2.24. The van der Waals surface area contributed by atoms with Gasteiger partial charge in [-0.2, -0.15) is 0 Å². The van der Waals surface area contributed by atoms with Crippen molar-refractivity contribution in [3.63, 3.8) is 0 Å². The molecule has 0 saturated heterocycles. The molecule has 0 radical (unpaired) electrons. The van der Waals surface area contributed by atoms with Crippen molar-refractivity contribution in [1.82, 2.24) is 0 Å². The normalized spacial score (nSPS) is 10.2. The lowest BCUT2D eigenvalue weighted by atomic mass is 10.1. The molecule has 2 aromatic rings. The van der Waals surface area contributed by atoms with Crippen LogP contribution in [0.4, 0.5) is 5.00 Å². The minimum atomic E-state index is -0.544. The van der Waals surface area contributed by atoms with Gasteiger partial charge in [0.1, 0.15) is 5.00 Å². The molecule has 98 valence electrons. The second-order valence-electron chi connectivity index (χ2n) is 4.30. The van der Waals surface area contributed by atoms with Gasteiger partial charge in [0.05, 0.1) is 5.56 Å². The molecule has 0 aliphatic rings. The first-order valence-electron chi connectivity index (χ1n) is 5.75. The van der Waals surface area contributed by atoms with Gasteiger partial charge in [0, 0.05) is 5.56 Å². The van der Waals surface area contributed by atoms with Crippen molar-refractivity contribution in [3.8, 4) is 0 Å². The SMILES string of the molecule is Cc1ccc(C)c(C(=O)Nc2sccc2C(N)=O)c1. The second-order valence-corrected chi connectivity index (χ2v) is 5.22. The Morgan fingerprint density at radius 1 is 1.16 bits per heavy atom. The van der Waals surface area contributed by atoms with Crippen LogP contribution in [0, 0.1) is 13.8 Å². The van der Waals surface area contributed by atoms with Crippen molar-refractivity contribution in [2.45, 2.75) is 13.8 Å². The number of anilines is 1. The fraction of sp³-hybridized carbons (Fsp3) is 0.143. The number of nitrogens with two attached hydrogens (primary N) is 1. The summed E-state index contributed by atoms with van der Waals surface area (Å²) in [5.74, 6) is -0.774. The Labute approximate surface area is 115 Å². The van der Waals surface area contributed by atoms with Gasteiger partial charge in [-0.05, 0) is 36.9 Å². The summed E-state index contributed by atoms with van der Waals surface area (Å²) in [6.45, 7) is 3.80. The number of hydrogen-bond acceptors (Lipinski definition) is 3. The first-order valence-corrected chi connectivity index (χ1v) is 6.63. The zero-order valence-corrected chi connectivity index (χ0v) is 11.5. The van der Waals surface area contributed by atoms with Crippen LogP contribution in [0.1, 0.15) is 31.8 Å². The predicted octanol–water partition coefficient (Wildman–Crippen LogP) is 2.72. The van der Waals surface area contributed by atoms with E-state index >= 15 is 0 Å². The average molecular weight is 274 g/mol. The predicted molar refractivity (Wildman–Crippen MR) is 76.7 cm³/mol. The van der Waals surface area contributed by atoms with Gasteiger partial charge in [-0.1, -0.05) is 17.7 Å². The van der Waals surface area contributed by atoms with Gasteiger partial charge < -0.3 is 11.1 Å². The molecule has 0 aliphatic heterocycles. The molecule has 1 aromatic heterocycles. The van der Waals surface area contributed by atoms with Gasteiger partial charge in [0.25, 0.3) is 11.8 Å². The second kappa shape index (κ2) is 5.24. The Balaban J connectivity index is 2.28. The summed E-state index contributed by atoms with van der Waals surface area (Å²) in [4.78, 5) is 23.4. The molecule has 5 heteroatoms. The van der Waals surface area contributed by atoms with Gasteiger partial charge in [-0.25, -0.2) is 0 Å². The minimum absolute atomic E-state index is 0.230. The van der Waals surface area contributed by atoms with E-state index in [1.807, 2.05) is 32.0 Å². The monoisotopic (exact) mass is 274 g/mol. The summed E-state index contributed by atoms with van der Waals surface area (Å²) in [7, 11) is 0. The van der Waals surface area contributed by atoms with E-state index in [1.54, 1.807) is 11.4 Å². The highest BCUT2D eigenvalue weighted by molar-refractivity contribution is 7.14. The number of carbonyl (C=O) groups is 2. The Hall–Kier alpha value is -2.14. The molecule has 4 nitrogen and oxygen atoms in total. The number of benzene rings is 1. The van der Waals surface area contributed by atoms with E-state index in [9.17, 15) is 9.59 Å². The molecule has 0 fully saturated rings. The lowest BCUT2D eigenvalue weighted by molar-refractivity contribution is 0.100.